The zero-order chi connectivity index (χ0) is 10.7. The van der Waals surface area contributed by atoms with E-state index in [0.717, 1.165) is 23.4 Å². The smallest absolute Gasteiger partial charge is 0.115 e. The summed E-state index contributed by atoms with van der Waals surface area (Å²) in [6.45, 7) is 0.771. The maximum atomic E-state index is 9.19. The van der Waals surface area contributed by atoms with Crippen molar-refractivity contribution in [3.05, 3.63) is 36.0 Å². The van der Waals surface area contributed by atoms with Gasteiger partial charge in [-0.15, -0.1) is 0 Å². The van der Waals surface area contributed by atoms with E-state index in [1.54, 1.807) is 18.3 Å². The van der Waals surface area contributed by atoms with Crippen LogP contribution in [0.4, 0.5) is 0 Å². The van der Waals surface area contributed by atoms with Crippen LogP contribution < -0.4 is 5.32 Å². The van der Waals surface area contributed by atoms with Crippen molar-refractivity contribution in [3.8, 4) is 17.0 Å². The summed E-state index contributed by atoms with van der Waals surface area (Å²) in [6.07, 6.45) is 1.80. The Balaban J connectivity index is 2.36. The number of rotatable bonds is 3. The molecule has 3 N–H and O–H groups in total. The largest absolute Gasteiger partial charge is 0.508 e. The highest BCUT2D eigenvalue weighted by Crippen LogP contribution is 2.22. The Bertz CT molecular complexity index is 433. The van der Waals surface area contributed by atoms with Gasteiger partial charge in [0.2, 0.25) is 0 Å². The van der Waals surface area contributed by atoms with Gasteiger partial charge >= 0.3 is 0 Å². The average Bonchev–Trinajstić information content (AvgIpc) is 2.68. The number of aromatic hydroxyl groups is 1. The molecule has 0 atom stereocenters. The van der Waals surface area contributed by atoms with Gasteiger partial charge in [0.15, 0.2) is 0 Å². The van der Waals surface area contributed by atoms with Crippen LogP contribution in [0.25, 0.3) is 11.3 Å². The van der Waals surface area contributed by atoms with Crippen molar-refractivity contribution in [1.29, 1.82) is 0 Å². The van der Waals surface area contributed by atoms with Gasteiger partial charge in [-0.05, 0) is 31.3 Å². The lowest BCUT2D eigenvalue weighted by atomic mass is 10.1. The van der Waals surface area contributed by atoms with Crippen LogP contribution in [0, 0.1) is 0 Å². The molecule has 0 amide bonds. The standard InChI is InChI=1S/C11H13N3O/c1-12-6-9-7-13-14-11(9)8-2-4-10(15)5-3-8/h2-5,7,12,15H,6H2,1H3,(H,13,14). The molecule has 0 aliphatic carbocycles. The van der Waals surface area contributed by atoms with Gasteiger partial charge in [-0.2, -0.15) is 5.10 Å². The Morgan fingerprint density at radius 1 is 1.33 bits per heavy atom. The highest BCUT2D eigenvalue weighted by atomic mass is 16.3. The first-order valence-electron chi connectivity index (χ1n) is 4.77. The summed E-state index contributed by atoms with van der Waals surface area (Å²) in [5.41, 5.74) is 3.13. The summed E-state index contributed by atoms with van der Waals surface area (Å²) in [7, 11) is 1.90. The molecule has 15 heavy (non-hydrogen) atoms. The zero-order valence-electron chi connectivity index (χ0n) is 8.49. The van der Waals surface area contributed by atoms with Crippen LogP contribution in [-0.2, 0) is 6.54 Å². The molecule has 0 saturated heterocycles. The number of H-pyrrole nitrogens is 1. The molecule has 0 spiro atoms. The molecule has 0 aliphatic rings. The first-order valence-corrected chi connectivity index (χ1v) is 4.77. The Kier molecular flexibility index (Phi) is 2.69. The quantitative estimate of drug-likeness (QED) is 0.708. The SMILES string of the molecule is CNCc1cn[nH]c1-c1ccc(O)cc1. The zero-order valence-corrected chi connectivity index (χ0v) is 8.49. The molecule has 0 aliphatic heterocycles. The van der Waals surface area contributed by atoms with Crippen molar-refractivity contribution in [2.75, 3.05) is 7.05 Å². The lowest BCUT2D eigenvalue weighted by Gasteiger charge is -2.02. The van der Waals surface area contributed by atoms with E-state index in [9.17, 15) is 5.11 Å². The van der Waals surface area contributed by atoms with Gasteiger partial charge in [-0.25, -0.2) is 0 Å². The number of phenolic OH excluding ortho intramolecular Hbond substituents is 1. The number of aromatic nitrogens is 2. The fraction of sp³-hybridized carbons (Fsp3) is 0.182. The second-order valence-corrected chi connectivity index (χ2v) is 3.35. The number of nitrogens with zero attached hydrogens (tertiary/aromatic N) is 1. The summed E-state index contributed by atoms with van der Waals surface area (Å²) >= 11 is 0. The van der Waals surface area contributed by atoms with E-state index < -0.39 is 0 Å². The number of hydrogen-bond acceptors (Lipinski definition) is 3. The molecule has 1 aromatic carbocycles. The van der Waals surface area contributed by atoms with Gasteiger partial charge in [0, 0.05) is 17.7 Å². The van der Waals surface area contributed by atoms with Crippen molar-refractivity contribution in [3.63, 3.8) is 0 Å². The number of hydrogen-bond donors (Lipinski definition) is 3. The third-order valence-corrected chi connectivity index (χ3v) is 2.24. The van der Waals surface area contributed by atoms with Crippen molar-refractivity contribution in [2.24, 2.45) is 0 Å². The molecular formula is C11H13N3O. The average molecular weight is 203 g/mol. The molecular weight excluding hydrogens is 190 g/mol. The van der Waals surface area contributed by atoms with E-state index in [-0.39, 0.29) is 5.75 Å². The van der Waals surface area contributed by atoms with Gasteiger partial charge in [0.05, 0.1) is 11.9 Å². The predicted octanol–water partition coefficient (Wildman–Crippen LogP) is 1.50. The van der Waals surface area contributed by atoms with Crippen molar-refractivity contribution >= 4 is 0 Å². The first kappa shape index (κ1) is 9.73. The number of benzene rings is 1. The van der Waals surface area contributed by atoms with Crippen molar-refractivity contribution in [2.45, 2.75) is 6.54 Å². The summed E-state index contributed by atoms with van der Waals surface area (Å²) in [5.74, 6) is 0.272. The lowest BCUT2D eigenvalue weighted by molar-refractivity contribution is 0.475. The molecule has 0 radical (unpaired) electrons. The molecule has 78 valence electrons. The van der Waals surface area contributed by atoms with Crippen LogP contribution in [0.15, 0.2) is 30.5 Å². The maximum Gasteiger partial charge on any atom is 0.115 e. The molecule has 4 nitrogen and oxygen atoms in total. The molecule has 1 heterocycles. The van der Waals surface area contributed by atoms with E-state index in [1.807, 2.05) is 19.2 Å². The topological polar surface area (TPSA) is 60.9 Å². The molecule has 1 aromatic heterocycles. The molecule has 2 aromatic rings. The molecule has 0 bridgehead atoms. The monoisotopic (exact) mass is 203 g/mol. The van der Waals surface area contributed by atoms with Gasteiger partial charge in [-0.3, -0.25) is 5.10 Å². The fourth-order valence-corrected chi connectivity index (χ4v) is 1.51. The Hall–Kier alpha value is -1.81. The molecule has 0 saturated carbocycles. The van der Waals surface area contributed by atoms with Crippen LogP contribution in [0.3, 0.4) is 0 Å². The van der Waals surface area contributed by atoms with Crippen molar-refractivity contribution in [1.82, 2.24) is 15.5 Å². The van der Waals surface area contributed by atoms with Gasteiger partial charge in [0.1, 0.15) is 5.75 Å². The maximum absolute atomic E-state index is 9.19. The first-order chi connectivity index (χ1) is 7.31. The highest BCUT2D eigenvalue weighted by Gasteiger charge is 2.06. The van der Waals surface area contributed by atoms with Gasteiger partial charge in [-0.1, -0.05) is 0 Å². The number of aromatic amines is 1. The Morgan fingerprint density at radius 2 is 2.07 bits per heavy atom. The van der Waals surface area contributed by atoms with Crippen LogP contribution in [-0.4, -0.2) is 22.4 Å². The van der Waals surface area contributed by atoms with E-state index in [0.29, 0.717) is 0 Å². The van der Waals surface area contributed by atoms with Crippen molar-refractivity contribution < 1.29 is 5.11 Å². The second kappa shape index (κ2) is 4.14. The van der Waals surface area contributed by atoms with Crippen LogP contribution in [0.5, 0.6) is 5.75 Å². The van der Waals surface area contributed by atoms with E-state index in [2.05, 4.69) is 15.5 Å². The second-order valence-electron chi connectivity index (χ2n) is 3.35. The number of nitrogens with one attached hydrogen (secondary N) is 2. The lowest BCUT2D eigenvalue weighted by Crippen LogP contribution is -2.05. The minimum atomic E-state index is 0.272. The molecule has 0 fully saturated rings. The molecule has 0 unspecified atom stereocenters. The molecule has 4 heteroatoms. The van der Waals surface area contributed by atoms with E-state index >= 15 is 0 Å². The predicted molar refractivity (Wildman–Crippen MR) is 58.5 cm³/mol. The Morgan fingerprint density at radius 3 is 2.73 bits per heavy atom. The third kappa shape index (κ3) is 1.99. The van der Waals surface area contributed by atoms with Crippen LogP contribution in [0.1, 0.15) is 5.56 Å². The highest BCUT2D eigenvalue weighted by molar-refractivity contribution is 5.63. The number of phenols is 1. The van der Waals surface area contributed by atoms with Crippen LogP contribution >= 0.6 is 0 Å². The van der Waals surface area contributed by atoms with Gasteiger partial charge < -0.3 is 10.4 Å². The van der Waals surface area contributed by atoms with E-state index in [4.69, 9.17) is 0 Å². The van der Waals surface area contributed by atoms with Gasteiger partial charge in [0.25, 0.3) is 0 Å². The Labute approximate surface area is 88.0 Å². The summed E-state index contributed by atoms with van der Waals surface area (Å²) in [4.78, 5) is 0. The summed E-state index contributed by atoms with van der Waals surface area (Å²) < 4.78 is 0. The van der Waals surface area contributed by atoms with Crippen LogP contribution in [0.2, 0.25) is 0 Å². The summed E-state index contributed by atoms with van der Waals surface area (Å²) in [5, 5.41) is 19.2. The summed E-state index contributed by atoms with van der Waals surface area (Å²) in [6, 6.07) is 7.06. The minimum Gasteiger partial charge on any atom is -0.508 e. The molecule has 2 rings (SSSR count). The third-order valence-electron chi connectivity index (χ3n) is 2.24. The fourth-order valence-electron chi connectivity index (χ4n) is 1.51. The minimum absolute atomic E-state index is 0.272. The normalized spacial score (nSPS) is 10.5. The van der Waals surface area contributed by atoms with E-state index in [1.165, 1.54) is 0 Å².